The van der Waals surface area contributed by atoms with E-state index in [0.717, 1.165) is 0 Å². The minimum Gasteiger partial charge on any atom is -0.372 e. The molecule has 1 saturated heterocycles. The third-order valence-corrected chi connectivity index (χ3v) is 5.12. The Morgan fingerprint density at radius 3 is 2.90 bits per heavy atom. The zero-order valence-corrected chi connectivity index (χ0v) is 16.0. The van der Waals surface area contributed by atoms with E-state index in [1.807, 2.05) is 0 Å². The van der Waals surface area contributed by atoms with E-state index < -0.39 is 17.7 Å². The maximum Gasteiger partial charge on any atom is 0.439 e. The van der Waals surface area contributed by atoms with E-state index >= 15 is 0 Å². The first-order valence-corrected chi connectivity index (χ1v) is 9.43. The van der Waals surface area contributed by atoms with Crippen molar-refractivity contribution in [3.8, 4) is 11.4 Å². The summed E-state index contributed by atoms with van der Waals surface area (Å²) in [7, 11) is 0. The number of pyridine rings is 1. The molecule has 1 aliphatic heterocycles. The number of nitrogens with one attached hydrogen (secondary N) is 2. The van der Waals surface area contributed by atoms with E-state index in [0.29, 0.717) is 37.4 Å². The second kappa shape index (κ2) is 8.32. The molecule has 1 aliphatic rings. The van der Waals surface area contributed by atoms with Crippen molar-refractivity contribution in [2.45, 2.75) is 12.6 Å². The molecule has 0 aliphatic carbocycles. The predicted octanol–water partition coefficient (Wildman–Crippen LogP) is 1.96. The summed E-state index contributed by atoms with van der Waals surface area (Å²) in [6.07, 6.45) is 1.18. The van der Waals surface area contributed by atoms with E-state index in [4.69, 9.17) is 16.3 Å². The molecule has 0 radical (unpaired) electrons. The molecule has 3 heterocycles. The van der Waals surface area contributed by atoms with E-state index in [1.54, 1.807) is 18.3 Å². The van der Waals surface area contributed by atoms with Crippen LogP contribution in [0.3, 0.4) is 0 Å². The highest BCUT2D eigenvalue weighted by Crippen LogP contribution is 2.30. The molecule has 0 saturated carbocycles. The van der Waals surface area contributed by atoms with Crippen LogP contribution < -0.4 is 16.6 Å². The van der Waals surface area contributed by atoms with Crippen molar-refractivity contribution in [2.24, 2.45) is 5.92 Å². The molecule has 0 amide bonds. The third-order valence-electron chi connectivity index (χ3n) is 4.81. The molecule has 2 aromatic heterocycles. The van der Waals surface area contributed by atoms with Crippen molar-refractivity contribution in [1.29, 1.82) is 0 Å². The Labute approximate surface area is 169 Å². The Bertz CT molecular complexity index is 1130. The lowest BCUT2D eigenvalue weighted by atomic mass is 9.95. The van der Waals surface area contributed by atoms with Crippen molar-refractivity contribution in [2.75, 3.05) is 19.7 Å². The number of hydrogen-bond acceptors (Lipinski definition) is 6. The maximum absolute atomic E-state index is 14.0. The molecular formula is C19H18ClFN4O4. The van der Waals surface area contributed by atoms with Gasteiger partial charge in [0.2, 0.25) is 0 Å². The predicted molar refractivity (Wildman–Crippen MR) is 103 cm³/mol. The minimum absolute atomic E-state index is 0.0440. The van der Waals surface area contributed by atoms with Gasteiger partial charge in [0, 0.05) is 43.4 Å². The van der Waals surface area contributed by atoms with E-state index in [-0.39, 0.29) is 22.3 Å². The first-order valence-electron chi connectivity index (χ1n) is 9.05. The summed E-state index contributed by atoms with van der Waals surface area (Å²) in [6.45, 7) is 2.00. The fraction of sp³-hybridized carbons (Fsp3) is 0.316. The van der Waals surface area contributed by atoms with Gasteiger partial charge in [-0.05, 0) is 23.8 Å². The number of rotatable bonds is 4. The van der Waals surface area contributed by atoms with Crippen LogP contribution in [0.25, 0.3) is 11.4 Å². The smallest absolute Gasteiger partial charge is 0.372 e. The first kappa shape index (κ1) is 19.6. The van der Waals surface area contributed by atoms with E-state index in [9.17, 15) is 14.0 Å². The number of H-pyrrole nitrogens is 1. The average molecular weight is 421 g/mol. The van der Waals surface area contributed by atoms with Gasteiger partial charge in [-0.1, -0.05) is 22.8 Å². The number of aromatic nitrogens is 3. The van der Waals surface area contributed by atoms with Crippen molar-refractivity contribution < 1.29 is 13.7 Å². The summed E-state index contributed by atoms with van der Waals surface area (Å²) in [6, 6.07) is 7.54. The zero-order chi connectivity index (χ0) is 20.4. The molecule has 3 aromatic rings. The molecule has 1 fully saturated rings. The van der Waals surface area contributed by atoms with Crippen molar-refractivity contribution in [1.82, 2.24) is 20.0 Å². The Morgan fingerprint density at radius 1 is 1.28 bits per heavy atom. The standard InChI is InChI=1S/C19H18ClFN4O4/c20-14-3-1-11(7-15(14)21)17-13(8-22-5-6-28-17)10-25-9-12(2-4-16(25)26)18-23-19(27)29-24-18/h1-4,7,9,13,17,22H,5-6,8,10H2,(H,23,24,27)/t13-,17-/m0/s1. The van der Waals surface area contributed by atoms with Crippen LogP contribution in [0.15, 0.2) is 50.6 Å². The van der Waals surface area contributed by atoms with Gasteiger partial charge in [-0.15, -0.1) is 0 Å². The van der Waals surface area contributed by atoms with Crippen molar-refractivity contribution in [3.05, 3.63) is 73.8 Å². The van der Waals surface area contributed by atoms with Gasteiger partial charge in [-0.25, -0.2) is 9.18 Å². The fourth-order valence-corrected chi connectivity index (χ4v) is 3.55. The van der Waals surface area contributed by atoms with Gasteiger partial charge in [-0.3, -0.25) is 14.3 Å². The van der Waals surface area contributed by atoms with Crippen molar-refractivity contribution >= 4 is 11.6 Å². The summed E-state index contributed by atoms with van der Waals surface area (Å²) in [5.74, 6) is -1.11. The Balaban J connectivity index is 1.66. The highest BCUT2D eigenvalue weighted by Gasteiger charge is 2.27. The third kappa shape index (κ3) is 4.31. The highest BCUT2D eigenvalue weighted by molar-refractivity contribution is 6.30. The number of hydrogen-bond donors (Lipinski definition) is 2. The van der Waals surface area contributed by atoms with Crippen LogP contribution in [0, 0.1) is 11.7 Å². The van der Waals surface area contributed by atoms with Gasteiger partial charge in [0.05, 0.1) is 17.7 Å². The highest BCUT2D eigenvalue weighted by atomic mass is 35.5. The lowest BCUT2D eigenvalue weighted by Gasteiger charge is -2.26. The zero-order valence-electron chi connectivity index (χ0n) is 15.2. The van der Waals surface area contributed by atoms with Crippen LogP contribution in [0.2, 0.25) is 5.02 Å². The summed E-state index contributed by atoms with van der Waals surface area (Å²) in [5.41, 5.74) is 0.975. The largest absolute Gasteiger partial charge is 0.439 e. The molecule has 0 unspecified atom stereocenters. The van der Waals surface area contributed by atoms with Crippen LogP contribution in [0.4, 0.5) is 4.39 Å². The number of halogens is 2. The van der Waals surface area contributed by atoms with Crippen LogP contribution in [-0.2, 0) is 11.3 Å². The second-order valence-electron chi connectivity index (χ2n) is 6.78. The van der Waals surface area contributed by atoms with Gasteiger partial charge in [0.1, 0.15) is 5.82 Å². The van der Waals surface area contributed by atoms with Crippen LogP contribution in [-0.4, -0.2) is 34.4 Å². The van der Waals surface area contributed by atoms with Crippen LogP contribution >= 0.6 is 11.6 Å². The number of aromatic amines is 1. The summed E-state index contributed by atoms with van der Waals surface area (Å²) in [4.78, 5) is 26.1. The molecule has 29 heavy (non-hydrogen) atoms. The molecule has 10 heteroatoms. The van der Waals surface area contributed by atoms with E-state index in [1.165, 1.54) is 22.8 Å². The van der Waals surface area contributed by atoms with Gasteiger partial charge >= 0.3 is 5.76 Å². The number of nitrogens with zero attached hydrogens (tertiary/aromatic N) is 2. The van der Waals surface area contributed by atoms with Gasteiger partial charge in [0.15, 0.2) is 5.82 Å². The molecule has 152 valence electrons. The van der Waals surface area contributed by atoms with Crippen molar-refractivity contribution in [3.63, 3.8) is 0 Å². The summed E-state index contributed by atoms with van der Waals surface area (Å²) >= 11 is 5.80. The van der Waals surface area contributed by atoms with Crippen LogP contribution in [0.5, 0.6) is 0 Å². The molecule has 2 atom stereocenters. The summed E-state index contributed by atoms with van der Waals surface area (Å²) < 4.78 is 26.0. The average Bonchev–Trinajstić information content (AvgIpc) is 3.01. The second-order valence-corrected chi connectivity index (χ2v) is 7.19. The maximum atomic E-state index is 14.0. The SMILES string of the molecule is O=c1[nH]c(-c2ccc(=O)n(C[C@@H]3CNCCO[C@H]3c3ccc(Cl)c(F)c3)c2)no1. The lowest BCUT2D eigenvalue weighted by Crippen LogP contribution is -2.32. The van der Waals surface area contributed by atoms with Gasteiger partial charge < -0.3 is 14.6 Å². The molecular weight excluding hydrogens is 403 g/mol. The van der Waals surface area contributed by atoms with E-state index in [2.05, 4.69) is 20.0 Å². The lowest BCUT2D eigenvalue weighted by molar-refractivity contribution is 0.0249. The Kier molecular flexibility index (Phi) is 5.61. The monoisotopic (exact) mass is 420 g/mol. The molecule has 4 rings (SSSR count). The Hall–Kier alpha value is -2.75. The van der Waals surface area contributed by atoms with Gasteiger partial charge in [0.25, 0.3) is 5.56 Å². The molecule has 0 spiro atoms. The topological polar surface area (TPSA) is 102 Å². The van der Waals surface area contributed by atoms with Gasteiger partial charge in [-0.2, -0.15) is 0 Å². The minimum atomic E-state index is -0.677. The number of benzene rings is 1. The Morgan fingerprint density at radius 2 is 2.14 bits per heavy atom. The molecule has 1 aromatic carbocycles. The molecule has 0 bridgehead atoms. The number of ether oxygens (including phenoxy) is 1. The molecule has 8 nitrogen and oxygen atoms in total. The van der Waals surface area contributed by atoms with Crippen LogP contribution in [0.1, 0.15) is 11.7 Å². The summed E-state index contributed by atoms with van der Waals surface area (Å²) in [5, 5.41) is 6.97. The first-order chi connectivity index (χ1) is 14.0. The normalized spacial score (nSPS) is 19.8. The quantitative estimate of drug-likeness (QED) is 0.669. The molecule has 2 N–H and O–H groups in total. The fourth-order valence-electron chi connectivity index (χ4n) is 3.43.